The van der Waals surface area contributed by atoms with Crippen molar-refractivity contribution in [2.24, 2.45) is 0 Å². The second kappa shape index (κ2) is 9.09. The van der Waals surface area contributed by atoms with Crippen molar-refractivity contribution in [2.45, 2.75) is 31.8 Å². The smallest absolute Gasteiger partial charge is 0.342 e. The van der Waals surface area contributed by atoms with Crippen molar-refractivity contribution < 1.29 is 33.6 Å². The van der Waals surface area contributed by atoms with Gasteiger partial charge in [-0.1, -0.05) is 36.4 Å². The molecule has 2 atom stereocenters. The largest absolute Gasteiger partial charge is 0.497 e. The van der Waals surface area contributed by atoms with Gasteiger partial charge in [-0.2, -0.15) is 0 Å². The van der Waals surface area contributed by atoms with Gasteiger partial charge in [0.2, 0.25) is 6.79 Å². The van der Waals surface area contributed by atoms with Gasteiger partial charge in [0.25, 0.3) is 5.79 Å². The summed E-state index contributed by atoms with van der Waals surface area (Å²) in [6, 6.07) is 21.4. The zero-order valence-electron chi connectivity index (χ0n) is 19.7. The number of cyclic esters (lactones) is 1. The highest BCUT2D eigenvalue weighted by molar-refractivity contribution is 6.20. The van der Waals surface area contributed by atoms with E-state index in [0.29, 0.717) is 33.9 Å². The molecule has 0 radical (unpaired) electrons. The van der Waals surface area contributed by atoms with E-state index in [-0.39, 0.29) is 18.5 Å². The third kappa shape index (κ3) is 4.13. The first kappa shape index (κ1) is 23.0. The number of hydrogen-bond donors (Lipinski definition) is 1. The van der Waals surface area contributed by atoms with Gasteiger partial charge in [0.05, 0.1) is 24.4 Å². The van der Waals surface area contributed by atoms with Crippen molar-refractivity contribution in [1.29, 1.82) is 0 Å². The molecule has 0 aromatic heterocycles. The van der Waals surface area contributed by atoms with E-state index in [0.717, 1.165) is 5.56 Å². The molecule has 2 aliphatic heterocycles. The minimum atomic E-state index is -2.07. The maximum atomic E-state index is 13.4. The molecule has 0 aliphatic carbocycles. The summed E-state index contributed by atoms with van der Waals surface area (Å²) in [7, 11) is 1.56. The predicted molar refractivity (Wildman–Crippen MR) is 128 cm³/mol. The molecule has 3 aromatic carbocycles. The summed E-state index contributed by atoms with van der Waals surface area (Å²) in [5, 5.41) is 12.0. The van der Waals surface area contributed by atoms with Gasteiger partial charge in [-0.25, -0.2) is 4.79 Å². The van der Waals surface area contributed by atoms with Crippen LogP contribution in [0.2, 0.25) is 0 Å². The highest BCUT2D eigenvalue weighted by Gasteiger charge is 2.52. The highest BCUT2D eigenvalue weighted by atomic mass is 16.7. The van der Waals surface area contributed by atoms with Crippen LogP contribution in [-0.4, -0.2) is 31.1 Å². The summed E-state index contributed by atoms with van der Waals surface area (Å²) >= 11 is 0. The van der Waals surface area contributed by atoms with Crippen LogP contribution in [0.4, 0.5) is 0 Å². The fourth-order valence-electron chi connectivity index (χ4n) is 4.40. The molecule has 0 spiro atoms. The number of fused-ring (bicyclic) bond motifs is 1. The van der Waals surface area contributed by atoms with Crippen molar-refractivity contribution in [3.63, 3.8) is 0 Å². The van der Waals surface area contributed by atoms with Crippen LogP contribution in [0, 0.1) is 0 Å². The summed E-state index contributed by atoms with van der Waals surface area (Å²) in [5.74, 6) is -1.01. The summed E-state index contributed by atoms with van der Waals surface area (Å²) in [6.07, 6.45) is -0.975. The fourth-order valence-corrected chi connectivity index (χ4v) is 4.40. The highest BCUT2D eigenvalue weighted by Crippen LogP contribution is 2.51. The van der Waals surface area contributed by atoms with Crippen molar-refractivity contribution in [2.75, 3.05) is 13.9 Å². The van der Waals surface area contributed by atoms with E-state index in [1.165, 1.54) is 0 Å². The molecule has 0 saturated heterocycles. The van der Waals surface area contributed by atoms with Gasteiger partial charge in [0, 0.05) is 5.56 Å². The maximum absolute atomic E-state index is 13.4. The Balaban J connectivity index is 1.75. The van der Waals surface area contributed by atoms with E-state index in [1.54, 1.807) is 49.6 Å². The summed E-state index contributed by atoms with van der Waals surface area (Å²) in [4.78, 5) is 13.4. The number of rotatable bonds is 7. The molecular weight excluding hydrogens is 448 g/mol. The van der Waals surface area contributed by atoms with E-state index < -0.39 is 17.9 Å². The molecule has 2 unspecified atom stereocenters. The van der Waals surface area contributed by atoms with Crippen molar-refractivity contribution in [3.05, 3.63) is 95.1 Å². The standard InChI is InChI=1S/C28H26O7/c1-17(2)34-26(18-7-5-4-6-8-18)25-24(19-9-14-22-23(15-19)33-16-32-22)27(29)35-28(25,30)20-10-12-21(31-3)13-11-20/h4-15,17,26,30H,16H2,1-3H3. The van der Waals surface area contributed by atoms with Crippen LogP contribution in [0.5, 0.6) is 17.2 Å². The average molecular weight is 475 g/mol. The Hall–Kier alpha value is -3.81. The van der Waals surface area contributed by atoms with Gasteiger partial charge in [-0.3, -0.25) is 0 Å². The number of methoxy groups -OCH3 is 1. The topological polar surface area (TPSA) is 83.5 Å². The van der Waals surface area contributed by atoms with Crippen LogP contribution in [0.25, 0.3) is 5.57 Å². The first-order valence-corrected chi connectivity index (χ1v) is 11.4. The lowest BCUT2D eigenvalue weighted by atomic mass is 9.85. The number of carbonyl (C=O) groups is 1. The SMILES string of the molecule is COc1ccc(C2(O)OC(=O)C(c3ccc4c(c3)OCO4)=C2C(OC(C)C)c2ccccc2)cc1. The molecule has 0 bridgehead atoms. The van der Waals surface area contributed by atoms with Crippen molar-refractivity contribution in [1.82, 2.24) is 0 Å². The molecule has 3 aromatic rings. The molecule has 0 fully saturated rings. The Kier molecular flexibility index (Phi) is 5.96. The van der Waals surface area contributed by atoms with Crippen LogP contribution in [0.1, 0.15) is 36.6 Å². The molecule has 2 heterocycles. The summed E-state index contributed by atoms with van der Waals surface area (Å²) < 4.78 is 28.3. The van der Waals surface area contributed by atoms with Gasteiger partial charge in [-0.15, -0.1) is 0 Å². The van der Waals surface area contributed by atoms with Gasteiger partial charge >= 0.3 is 5.97 Å². The fraction of sp³-hybridized carbons (Fsp3) is 0.250. The van der Waals surface area contributed by atoms with Crippen LogP contribution < -0.4 is 14.2 Å². The number of benzene rings is 3. The zero-order chi connectivity index (χ0) is 24.6. The third-order valence-corrected chi connectivity index (χ3v) is 5.99. The maximum Gasteiger partial charge on any atom is 0.342 e. The molecule has 180 valence electrons. The molecule has 35 heavy (non-hydrogen) atoms. The van der Waals surface area contributed by atoms with E-state index in [1.807, 2.05) is 44.2 Å². The summed E-state index contributed by atoms with van der Waals surface area (Å²) in [6.45, 7) is 3.91. The van der Waals surface area contributed by atoms with Crippen LogP contribution in [0.3, 0.4) is 0 Å². The molecule has 1 N–H and O–H groups in total. The van der Waals surface area contributed by atoms with Gasteiger partial charge in [0.15, 0.2) is 11.5 Å². The minimum absolute atomic E-state index is 0.105. The molecular formula is C28H26O7. The summed E-state index contributed by atoms with van der Waals surface area (Å²) in [5.41, 5.74) is 2.21. The van der Waals surface area contributed by atoms with E-state index in [4.69, 9.17) is 23.7 Å². The lowest BCUT2D eigenvalue weighted by Gasteiger charge is -2.32. The van der Waals surface area contributed by atoms with Crippen LogP contribution in [-0.2, 0) is 20.1 Å². The predicted octanol–water partition coefficient (Wildman–Crippen LogP) is 4.75. The van der Waals surface area contributed by atoms with E-state index in [9.17, 15) is 9.90 Å². The quantitative estimate of drug-likeness (QED) is 0.495. The van der Waals surface area contributed by atoms with Crippen LogP contribution >= 0.6 is 0 Å². The number of esters is 1. The normalized spacial score (nSPS) is 19.7. The Morgan fingerprint density at radius 3 is 2.34 bits per heavy atom. The number of ether oxygens (including phenoxy) is 5. The second-order valence-corrected chi connectivity index (χ2v) is 8.59. The Morgan fingerprint density at radius 1 is 0.943 bits per heavy atom. The Morgan fingerprint density at radius 2 is 1.66 bits per heavy atom. The lowest BCUT2D eigenvalue weighted by Crippen LogP contribution is -2.32. The molecule has 7 heteroatoms. The van der Waals surface area contributed by atoms with Gasteiger partial charge in [-0.05, 0) is 61.4 Å². The van der Waals surface area contributed by atoms with Gasteiger partial charge < -0.3 is 28.8 Å². The Labute approximate surface area is 203 Å². The number of aliphatic hydroxyl groups is 1. The Bertz CT molecular complexity index is 1260. The van der Waals surface area contributed by atoms with Crippen molar-refractivity contribution >= 4 is 11.5 Å². The third-order valence-electron chi connectivity index (χ3n) is 5.99. The van der Waals surface area contributed by atoms with Crippen LogP contribution in [0.15, 0.2) is 78.4 Å². The van der Waals surface area contributed by atoms with E-state index in [2.05, 4.69) is 0 Å². The molecule has 5 rings (SSSR count). The minimum Gasteiger partial charge on any atom is -0.497 e. The molecule has 2 aliphatic rings. The van der Waals surface area contributed by atoms with E-state index >= 15 is 0 Å². The monoisotopic (exact) mass is 474 g/mol. The molecule has 0 saturated carbocycles. The molecule has 0 amide bonds. The molecule has 7 nitrogen and oxygen atoms in total. The first-order valence-electron chi connectivity index (χ1n) is 11.4. The lowest BCUT2D eigenvalue weighted by molar-refractivity contribution is -0.190. The van der Waals surface area contributed by atoms with Gasteiger partial charge in [0.1, 0.15) is 11.9 Å². The zero-order valence-corrected chi connectivity index (χ0v) is 19.7. The number of carbonyl (C=O) groups excluding carboxylic acids is 1. The second-order valence-electron chi connectivity index (χ2n) is 8.59. The first-order chi connectivity index (χ1) is 16.9. The average Bonchev–Trinajstić information content (AvgIpc) is 3.44. The number of hydrogen-bond acceptors (Lipinski definition) is 7. The van der Waals surface area contributed by atoms with Crippen molar-refractivity contribution in [3.8, 4) is 17.2 Å².